The molecule has 1 atom stereocenters. The average Bonchev–Trinajstić information content (AvgIpc) is 3.35. The highest BCUT2D eigenvalue weighted by atomic mass is 35.5. The molecule has 0 radical (unpaired) electrons. The predicted octanol–water partition coefficient (Wildman–Crippen LogP) is 4.47. The summed E-state index contributed by atoms with van der Waals surface area (Å²) >= 11 is 6.38. The number of fused-ring (bicyclic) bond motifs is 1. The first-order valence-corrected chi connectivity index (χ1v) is 10.9. The summed E-state index contributed by atoms with van der Waals surface area (Å²) in [6.07, 6.45) is 4.55. The minimum atomic E-state index is -2.65. The first kappa shape index (κ1) is 21.1. The molecule has 2 heterocycles. The van der Waals surface area contributed by atoms with E-state index in [0.29, 0.717) is 34.3 Å². The Morgan fingerprint density at radius 3 is 2.70 bits per heavy atom. The molecule has 0 spiro atoms. The van der Waals surface area contributed by atoms with E-state index in [0.717, 1.165) is 25.9 Å². The Labute approximate surface area is 179 Å². The van der Waals surface area contributed by atoms with Crippen molar-refractivity contribution in [3.8, 4) is 0 Å². The fourth-order valence-corrected chi connectivity index (χ4v) is 4.88. The second-order valence-corrected chi connectivity index (χ2v) is 8.83. The fraction of sp³-hybridized carbons (Fsp3) is 0.545. The van der Waals surface area contributed by atoms with Crippen molar-refractivity contribution in [1.82, 2.24) is 14.8 Å². The molecule has 4 rings (SSSR count). The summed E-state index contributed by atoms with van der Waals surface area (Å²) in [6.45, 7) is 1.87. The maximum absolute atomic E-state index is 13.6. The van der Waals surface area contributed by atoms with E-state index in [-0.39, 0.29) is 43.7 Å². The van der Waals surface area contributed by atoms with Gasteiger partial charge >= 0.3 is 0 Å². The third-order valence-corrected chi connectivity index (χ3v) is 6.47. The van der Waals surface area contributed by atoms with Gasteiger partial charge in [-0.2, -0.15) is 0 Å². The largest absolute Gasteiger partial charge is 0.352 e. The van der Waals surface area contributed by atoms with Crippen LogP contribution in [0.2, 0.25) is 5.02 Å². The number of aromatic nitrogens is 1. The lowest BCUT2D eigenvalue weighted by Gasteiger charge is -2.28. The molecule has 2 fully saturated rings. The van der Waals surface area contributed by atoms with Gasteiger partial charge in [-0.05, 0) is 43.7 Å². The molecule has 1 unspecified atom stereocenters. The molecule has 30 heavy (non-hydrogen) atoms. The standard InChI is InChI=1S/C22H26ClF2N3O2/c23-17-6-3-7-18-20(17)16(13-28(18)14-19(29)27-9-1-2-10-27)21(30)26-12-15-5-4-8-22(24,25)11-15/h3,6-7,13,15H,1-2,4-5,8-12,14H2,(H,26,30). The average molecular weight is 438 g/mol. The fourth-order valence-electron chi connectivity index (χ4n) is 4.61. The van der Waals surface area contributed by atoms with E-state index in [2.05, 4.69) is 5.32 Å². The number of carbonyl (C=O) groups is 2. The van der Waals surface area contributed by atoms with Crippen molar-refractivity contribution in [1.29, 1.82) is 0 Å². The van der Waals surface area contributed by atoms with Crippen molar-refractivity contribution >= 4 is 34.3 Å². The molecule has 1 aromatic carbocycles. The van der Waals surface area contributed by atoms with Gasteiger partial charge in [-0.15, -0.1) is 0 Å². The van der Waals surface area contributed by atoms with E-state index in [4.69, 9.17) is 11.6 Å². The first-order chi connectivity index (χ1) is 14.3. The van der Waals surface area contributed by atoms with Gasteiger partial charge in [0, 0.05) is 44.1 Å². The minimum Gasteiger partial charge on any atom is -0.352 e. The molecule has 0 bridgehead atoms. The Hall–Kier alpha value is -2.15. The number of alkyl halides is 2. The lowest BCUT2D eigenvalue weighted by Crippen LogP contribution is -2.35. The van der Waals surface area contributed by atoms with E-state index in [1.807, 2.05) is 11.0 Å². The Morgan fingerprint density at radius 2 is 1.97 bits per heavy atom. The molecule has 2 amide bonds. The number of nitrogens with one attached hydrogen (secondary N) is 1. The number of rotatable bonds is 5. The Balaban J connectivity index is 1.53. The van der Waals surface area contributed by atoms with Gasteiger partial charge in [0.15, 0.2) is 0 Å². The quantitative estimate of drug-likeness (QED) is 0.750. The van der Waals surface area contributed by atoms with Crippen molar-refractivity contribution in [2.45, 2.75) is 51.0 Å². The highest BCUT2D eigenvalue weighted by molar-refractivity contribution is 6.36. The molecule has 1 aromatic heterocycles. The Bertz CT molecular complexity index is 953. The maximum atomic E-state index is 13.6. The summed E-state index contributed by atoms with van der Waals surface area (Å²) in [7, 11) is 0. The number of nitrogens with zero attached hydrogens (tertiary/aromatic N) is 2. The summed E-state index contributed by atoms with van der Waals surface area (Å²) in [6, 6.07) is 5.32. The third kappa shape index (κ3) is 4.46. The van der Waals surface area contributed by atoms with Crippen molar-refractivity contribution in [2.75, 3.05) is 19.6 Å². The zero-order chi connectivity index (χ0) is 21.3. The van der Waals surface area contributed by atoms with Gasteiger partial charge in [0.25, 0.3) is 5.91 Å². The molecule has 2 aromatic rings. The van der Waals surface area contributed by atoms with E-state index >= 15 is 0 Å². The molecule has 2 aliphatic rings. The van der Waals surface area contributed by atoms with Gasteiger partial charge in [0.05, 0.1) is 16.1 Å². The summed E-state index contributed by atoms with van der Waals surface area (Å²) in [4.78, 5) is 27.4. The lowest BCUT2D eigenvalue weighted by atomic mass is 9.86. The van der Waals surface area contributed by atoms with E-state index in [1.54, 1.807) is 22.9 Å². The number of benzene rings is 1. The normalized spacial score (nSPS) is 21.2. The van der Waals surface area contributed by atoms with Crippen LogP contribution in [0.4, 0.5) is 8.78 Å². The third-order valence-electron chi connectivity index (χ3n) is 6.16. The second kappa shape index (κ2) is 8.53. The van der Waals surface area contributed by atoms with Crippen LogP contribution in [0.5, 0.6) is 0 Å². The van der Waals surface area contributed by atoms with E-state index < -0.39 is 5.92 Å². The molecule has 1 aliphatic heterocycles. The monoisotopic (exact) mass is 437 g/mol. The van der Waals surface area contributed by atoms with Crippen LogP contribution >= 0.6 is 11.6 Å². The van der Waals surface area contributed by atoms with Crippen molar-refractivity contribution in [3.63, 3.8) is 0 Å². The summed E-state index contributed by atoms with van der Waals surface area (Å²) in [5.74, 6) is -3.23. The van der Waals surface area contributed by atoms with Crippen molar-refractivity contribution < 1.29 is 18.4 Å². The van der Waals surface area contributed by atoms with Crippen LogP contribution in [0.1, 0.15) is 48.9 Å². The second-order valence-electron chi connectivity index (χ2n) is 8.42. The van der Waals surface area contributed by atoms with Crippen LogP contribution < -0.4 is 5.32 Å². The van der Waals surface area contributed by atoms with Gasteiger partial charge < -0.3 is 14.8 Å². The number of hydrogen-bond donors (Lipinski definition) is 1. The molecule has 1 saturated heterocycles. The van der Waals surface area contributed by atoms with Crippen LogP contribution in [0.3, 0.4) is 0 Å². The van der Waals surface area contributed by atoms with Crippen LogP contribution in [-0.2, 0) is 11.3 Å². The molecule has 1 aliphatic carbocycles. The maximum Gasteiger partial charge on any atom is 0.253 e. The molecule has 5 nitrogen and oxygen atoms in total. The summed E-state index contributed by atoms with van der Waals surface area (Å²) < 4.78 is 29.0. The van der Waals surface area contributed by atoms with Gasteiger partial charge in [-0.1, -0.05) is 17.7 Å². The molecule has 162 valence electrons. The van der Waals surface area contributed by atoms with Crippen molar-refractivity contribution in [3.05, 3.63) is 35.0 Å². The van der Waals surface area contributed by atoms with Gasteiger partial charge in [-0.3, -0.25) is 9.59 Å². The highest BCUT2D eigenvalue weighted by Gasteiger charge is 2.36. The number of amides is 2. The molecular weight excluding hydrogens is 412 g/mol. The molecular formula is C22H26ClF2N3O2. The topological polar surface area (TPSA) is 54.3 Å². The first-order valence-electron chi connectivity index (χ1n) is 10.6. The Morgan fingerprint density at radius 1 is 1.20 bits per heavy atom. The molecule has 1 N–H and O–H groups in total. The van der Waals surface area contributed by atoms with Crippen molar-refractivity contribution in [2.24, 2.45) is 5.92 Å². The lowest BCUT2D eigenvalue weighted by molar-refractivity contribution is -0.130. The van der Waals surface area contributed by atoms with Crippen LogP contribution in [0.25, 0.3) is 10.9 Å². The molecule has 8 heteroatoms. The number of carbonyl (C=O) groups excluding carboxylic acids is 2. The summed E-state index contributed by atoms with van der Waals surface area (Å²) in [5, 5.41) is 3.82. The van der Waals surface area contributed by atoms with Crippen LogP contribution in [-0.4, -0.2) is 46.8 Å². The SMILES string of the molecule is O=C(NCC1CCCC(F)(F)C1)c1cn(CC(=O)N2CCCC2)c2cccc(Cl)c12. The zero-order valence-electron chi connectivity index (χ0n) is 16.8. The number of hydrogen-bond acceptors (Lipinski definition) is 2. The van der Waals surface area contributed by atoms with Gasteiger partial charge in [0.2, 0.25) is 11.8 Å². The zero-order valence-corrected chi connectivity index (χ0v) is 17.6. The van der Waals surface area contributed by atoms with Crippen LogP contribution in [0.15, 0.2) is 24.4 Å². The van der Waals surface area contributed by atoms with Crippen LogP contribution in [0, 0.1) is 5.92 Å². The smallest absolute Gasteiger partial charge is 0.253 e. The number of halogens is 3. The van der Waals surface area contributed by atoms with E-state index in [9.17, 15) is 18.4 Å². The Kier molecular flexibility index (Phi) is 6.00. The minimum absolute atomic E-state index is 0.0146. The van der Waals surface area contributed by atoms with Gasteiger partial charge in [0.1, 0.15) is 6.54 Å². The van der Waals surface area contributed by atoms with E-state index in [1.165, 1.54) is 0 Å². The van der Waals surface area contributed by atoms with Gasteiger partial charge in [-0.25, -0.2) is 8.78 Å². The highest BCUT2D eigenvalue weighted by Crippen LogP contribution is 2.36. The summed E-state index contributed by atoms with van der Waals surface area (Å²) in [5.41, 5.74) is 1.08. The predicted molar refractivity (Wildman–Crippen MR) is 112 cm³/mol. The number of likely N-dealkylation sites (tertiary alicyclic amines) is 1. The molecule has 1 saturated carbocycles.